The molecule has 1 N–H and O–H groups in total. The third kappa shape index (κ3) is 1.13. The largest absolute Gasteiger partial charge is 0.497 e. The summed E-state index contributed by atoms with van der Waals surface area (Å²) in [6.45, 7) is 0. The van der Waals surface area contributed by atoms with Gasteiger partial charge in [-0.15, -0.1) is 5.10 Å². The first-order valence-electron chi connectivity index (χ1n) is 4.51. The maximum absolute atomic E-state index is 5.20. The van der Waals surface area contributed by atoms with Gasteiger partial charge in [0.25, 0.3) is 0 Å². The van der Waals surface area contributed by atoms with Crippen LogP contribution in [-0.4, -0.2) is 23.5 Å². The number of hydrazone groups is 1. The summed E-state index contributed by atoms with van der Waals surface area (Å²) in [5.74, 6) is 1.48. The summed E-state index contributed by atoms with van der Waals surface area (Å²) in [7, 11) is 1.64. The molecule has 5 heteroatoms. The molecule has 0 saturated heterocycles. The minimum Gasteiger partial charge on any atom is -0.497 e. The van der Waals surface area contributed by atoms with Gasteiger partial charge >= 0.3 is 0 Å². The van der Waals surface area contributed by atoms with Crippen LogP contribution in [0.5, 0.6) is 5.75 Å². The quantitative estimate of drug-likeness (QED) is 0.755. The van der Waals surface area contributed by atoms with Gasteiger partial charge in [0.15, 0.2) is 5.82 Å². The molecule has 0 bridgehead atoms. The molecule has 0 unspecified atom stereocenters. The lowest BCUT2D eigenvalue weighted by molar-refractivity contribution is 0.415. The summed E-state index contributed by atoms with van der Waals surface area (Å²) in [6.07, 6.45) is 3.46. The molecule has 0 atom stereocenters. The zero-order chi connectivity index (χ0) is 10.3. The van der Waals surface area contributed by atoms with Crippen molar-refractivity contribution in [2.45, 2.75) is 0 Å². The summed E-state index contributed by atoms with van der Waals surface area (Å²) >= 11 is 0. The second-order valence-corrected chi connectivity index (χ2v) is 3.24. The molecule has 0 saturated carbocycles. The van der Waals surface area contributed by atoms with Crippen LogP contribution in [0.25, 0.3) is 10.8 Å². The van der Waals surface area contributed by atoms with Crippen LogP contribution in [0.2, 0.25) is 0 Å². The molecular weight excluding hydrogens is 192 g/mol. The van der Waals surface area contributed by atoms with Crippen molar-refractivity contribution in [1.82, 2.24) is 10.2 Å². The number of aromatic nitrogens is 2. The van der Waals surface area contributed by atoms with E-state index in [4.69, 9.17) is 4.74 Å². The van der Waals surface area contributed by atoms with Crippen molar-refractivity contribution in [3.63, 3.8) is 0 Å². The van der Waals surface area contributed by atoms with E-state index in [0.29, 0.717) is 5.82 Å². The van der Waals surface area contributed by atoms with Gasteiger partial charge in [-0.3, -0.25) is 5.43 Å². The second kappa shape index (κ2) is 2.91. The molecule has 3 rings (SSSR count). The van der Waals surface area contributed by atoms with E-state index < -0.39 is 0 Å². The molecule has 0 fully saturated rings. The molecule has 0 amide bonds. The van der Waals surface area contributed by atoms with Crippen molar-refractivity contribution in [3.8, 4) is 5.75 Å². The van der Waals surface area contributed by atoms with Crippen molar-refractivity contribution < 1.29 is 4.74 Å². The number of nitrogens with one attached hydrogen (secondary N) is 1. The smallest absolute Gasteiger partial charge is 0.177 e. The third-order valence-electron chi connectivity index (χ3n) is 2.37. The number of benzene rings is 1. The fraction of sp³-hybridized carbons (Fsp3) is 0.100. The highest BCUT2D eigenvalue weighted by Crippen LogP contribution is 2.29. The molecule has 1 aliphatic heterocycles. The van der Waals surface area contributed by atoms with E-state index in [-0.39, 0.29) is 0 Å². The van der Waals surface area contributed by atoms with Crippen LogP contribution in [0.4, 0.5) is 5.82 Å². The van der Waals surface area contributed by atoms with Crippen molar-refractivity contribution in [2.24, 2.45) is 5.10 Å². The molecule has 2 aromatic rings. The Labute approximate surface area is 85.8 Å². The summed E-state index contributed by atoms with van der Waals surface area (Å²) < 4.78 is 5.20. The van der Waals surface area contributed by atoms with Crippen LogP contribution in [0.1, 0.15) is 5.56 Å². The van der Waals surface area contributed by atoms with E-state index in [9.17, 15) is 0 Å². The Kier molecular flexibility index (Phi) is 1.58. The lowest BCUT2D eigenvalue weighted by Crippen LogP contribution is -2.04. The molecule has 0 radical (unpaired) electrons. The highest BCUT2D eigenvalue weighted by atomic mass is 16.5. The first-order valence-corrected chi connectivity index (χ1v) is 4.51. The van der Waals surface area contributed by atoms with Crippen LogP contribution in [-0.2, 0) is 0 Å². The predicted molar refractivity (Wildman–Crippen MR) is 57.3 cm³/mol. The molecule has 0 aliphatic carbocycles. The Morgan fingerprint density at radius 1 is 1.33 bits per heavy atom. The summed E-state index contributed by atoms with van der Waals surface area (Å²) in [6, 6.07) is 3.86. The maximum Gasteiger partial charge on any atom is 0.177 e. The van der Waals surface area contributed by atoms with E-state index >= 15 is 0 Å². The molecule has 1 aromatic carbocycles. The zero-order valence-corrected chi connectivity index (χ0v) is 8.06. The van der Waals surface area contributed by atoms with E-state index in [1.807, 2.05) is 12.1 Å². The number of methoxy groups -OCH3 is 1. The number of hydrogen-bond acceptors (Lipinski definition) is 5. The van der Waals surface area contributed by atoms with Gasteiger partial charge in [0.2, 0.25) is 0 Å². The van der Waals surface area contributed by atoms with Gasteiger partial charge in [0.05, 0.1) is 19.5 Å². The SMILES string of the molecule is COc1cc2c3c(nncc3c1)NN=C2. The fourth-order valence-electron chi connectivity index (χ4n) is 1.69. The minimum atomic E-state index is 0.688. The van der Waals surface area contributed by atoms with Gasteiger partial charge in [-0.1, -0.05) is 0 Å². The number of rotatable bonds is 1. The first kappa shape index (κ1) is 8.16. The molecule has 2 heterocycles. The number of hydrogen-bond donors (Lipinski definition) is 1. The summed E-state index contributed by atoms with van der Waals surface area (Å²) in [5, 5.41) is 13.9. The molecule has 1 aromatic heterocycles. The maximum atomic E-state index is 5.20. The Balaban J connectivity index is 2.43. The van der Waals surface area contributed by atoms with Crippen molar-refractivity contribution in [1.29, 1.82) is 0 Å². The number of ether oxygens (including phenoxy) is 1. The highest BCUT2D eigenvalue weighted by molar-refractivity contribution is 6.07. The van der Waals surface area contributed by atoms with Gasteiger partial charge in [-0.2, -0.15) is 10.2 Å². The first-order chi connectivity index (χ1) is 7.38. The van der Waals surface area contributed by atoms with Gasteiger partial charge in [0, 0.05) is 16.3 Å². The average molecular weight is 200 g/mol. The lowest BCUT2D eigenvalue weighted by atomic mass is 10.1. The van der Waals surface area contributed by atoms with E-state index in [0.717, 1.165) is 22.1 Å². The van der Waals surface area contributed by atoms with Gasteiger partial charge in [-0.25, -0.2) is 0 Å². The van der Waals surface area contributed by atoms with Gasteiger partial charge < -0.3 is 4.74 Å². The van der Waals surface area contributed by atoms with Crippen LogP contribution < -0.4 is 10.2 Å². The molecule has 74 valence electrons. The van der Waals surface area contributed by atoms with Gasteiger partial charge in [-0.05, 0) is 12.1 Å². The molecule has 5 nitrogen and oxygen atoms in total. The van der Waals surface area contributed by atoms with Crippen LogP contribution in [0, 0.1) is 0 Å². The van der Waals surface area contributed by atoms with Crippen molar-refractivity contribution >= 4 is 22.8 Å². The normalized spacial score (nSPS) is 12.6. The molecule has 1 aliphatic rings. The molecule has 0 spiro atoms. The highest BCUT2D eigenvalue weighted by Gasteiger charge is 2.12. The number of nitrogens with zero attached hydrogens (tertiary/aromatic N) is 3. The standard InChI is InChI=1S/C10H8N4O/c1-15-8-2-6-4-11-13-10-9(6)7(3-8)5-12-14-10/h2-5H,1H3,(H,13,14). The molecular formula is C10H8N4O. The van der Waals surface area contributed by atoms with Crippen molar-refractivity contribution in [3.05, 3.63) is 23.9 Å². The van der Waals surface area contributed by atoms with E-state index in [1.165, 1.54) is 0 Å². The summed E-state index contributed by atoms with van der Waals surface area (Å²) in [5.41, 5.74) is 3.81. The van der Waals surface area contributed by atoms with Crippen LogP contribution in [0.3, 0.4) is 0 Å². The Morgan fingerprint density at radius 2 is 2.27 bits per heavy atom. The van der Waals surface area contributed by atoms with Crippen LogP contribution >= 0.6 is 0 Å². The fourth-order valence-corrected chi connectivity index (χ4v) is 1.69. The monoisotopic (exact) mass is 200 g/mol. The van der Waals surface area contributed by atoms with Crippen LogP contribution in [0.15, 0.2) is 23.4 Å². The topological polar surface area (TPSA) is 59.4 Å². The predicted octanol–water partition coefficient (Wildman–Crippen LogP) is 1.40. The average Bonchev–Trinajstić information content (AvgIpc) is 2.29. The van der Waals surface area contributed by atoms with E-state index in [2.05, 4.69) is 20.7 Å². The van der Waals surface area contributed by atoms with E-state index in [1.54, 1.807) is 19.5 Å². The minimum absolute atomic E-state index is 0.688. The lowest BCUT2D eigenvalue weighted by Gasteiger charge is -2.12. The van der Waals surface area contributed by atoms with Crippen molar-refractivity contribution in [2.75, 3.05) is 12.5 Å². The second-order valence-electron chi connectivity index (χ2n) is 3.24. The molecule has 15 heavy (non-hydrogen) atoms. The Hall–Kier alpha value is -2.17. The number of anilines is 1. The van der Waals surface area contributed by atoms with Gasteiger partial charge in [0.1, 0.15) is 5.75 Å². The Bertz CT molecular complexity index is 565. The Morgan fingerprint density at radius 3 is 3.13 bits per heavy atom. The zero-order valence-electron chi connectivity index (χ0n) is 8.06. The third-order valence-corrected chi connectivity index (χ3v) is 2.37. The summed E-state index contributed by atoms with van der Waals surface area (Å²) in [4.78, 5) is 0.